The summed E-state index contributed by atoms with van der Waals surface area (Å²) >= 11 is 4.93. The van der Waals surface area contributed by atoms with Gasteiger partial charge in [-0.3, -0.25) is 0 Å². The van der Waals surface area contributed by atoms with Gasteiger partial charge in [0.05, 0.1) is 0 Å². The predicted molar refractivity (Wildman–Crippen MR) is 90.1 cm³/mol. The molecule has 3 N–H and O–H groups in total. The summed E-state index contributed by atoms with van der Waals surface area (Å²) < 4.78 is 0.939. The number of benzene rings is 1. The van der Waals surface area contributed by atoms with Crippen molar-refractivity contribution in [2.75, 3.05) is 17.3 Å². The van der Waals surface area contributed by atoms with Gasteiger partial charge in [-0.2, -0.15) is 11.8 Å². The first-order valence-corrected chi connectivity index (χ1v) is 8.74. The van der Waals surface area contributed by atoms with Gasteiger partial charge < -0.3 is 15.7 Å². The maximum absolute atomic E-state index is 11.9. The van der Waals surface area contributed by atoms with Gasteiger partial charge in [-0.15, -0.1) is 0 Å². The number of carboxylic acid groups (broad SMARTS) is 1. The smallest absolute Gasteiger partial charge is 0.326 e. The minimum absolute atomic E-state index is 0.394. The molecule has 0 heterocycles. The molecule has 1 aromatic carbocycles. The van der Waals surface area contributed by atoms with Gasteiger partial charge in [-0.05, 0) is 48.6 Å². The number of thioether (sulfide) groups is 1. The highest BCUT2D eigenvalue weighted by atomic mass is 79.9. The molecule has 0 saturated carbocycles. The van der Waals surface area contributed by atoms with Gasteiger partial charge in [-0.25, -0.2) is 9.59 Å². The van der Waals surface area contributed by atoms with E-state index in [1.807, 2.05) is 25.3 Å². The molecular weight excluding hydrogens is 356 g/mol. The van der Waals surface area contributed by atoms with Crippen LogP contribution < -0.4 is 10.6 Å². The number of hydrogen-bond acceptors (Lipinski definition) is 3. The van der Waals surface area contributed by atoms with Gasteiger partial charge in [0.15, 0.2) is 0 Å². The van der Waals surface area contributed by atoms with Crippen LogP contribution in [0.3, 0.4) is 0 Å². The molecule has 1 aromatic rings. The molecule has 7 heteroatoms. The molecular formula is C14H19BrN2O3S. The molecule has 0 saturated heterocycles. The zero-order valence-corrected chi connectivity index (χ0v) is 14.4. The number of aliphatic carboxylic acids is 1. The van der Waals surface area contributed by atoms with Gasteiger partial charge in [0, 0.05) is 10.2 Å². The summed E-state index contributed by atoms with van der Waals surface area (Å²) in [5.74, 6) is -0.346. The fourth-order valence-corrected chi connectivity index (χ4v) is 2.67. The average molecular weight is 375 g/mol. The van der Waals surface area contributed by atoms with Crippen molar-refractivity contribution < 1.29 is 14.7 Å². The molecule has 0 fully saturated rings. The molecule has 1 rings (SSSR count). The summed E-state index contributed by atoms with van der Waals surface area (Å²) in [7, 11) is 0. The van der Waals surface area contributed by atoms with Gasteiger partial charge in [0.1, 0.15) is 6.04 Å². The summed E-state index contributed by atoms with van der Waals surface area (Å²) in [4.78, 5) is 23.0. The van der Waals surface area contributed by atoms with E-state index < -0.39 is 18.0 Å². The third-order valence-electron chi connectivity index (χ3n) is 2.91. The first-order valence-electron chi connectivity index (χ1n) is 6.55. The van der Waals surface area contributed by atoms with E-state index in [2.05, 4.69) is 26.6 Å². The second kappa shape index (κ2) is 8.94. The number of carboxylic acids is 1. The van der Waals surface area contributed by atoms with E-state index in [1.165, 1.54) is 0 Å². The number of anilines is 1. The number of nitrogens with one attached hydrogen (secondary N) is 2. The number of carbonyl (C=O) groups is 2. The number of hydrogen-bond donors (Lipinski definition) is 3. The molecule has 0 aliphatic rings. The van der Waals surface area contributed by atoms with E-state index in [0.29, 0.717) is 17.9 Å². The van der Waals surface area contributed by atoms with Crippen LogP contribution in [-0.4, -0.2) is 35.2 Å². The molecule has 1 atom stereocenters. The quantitative estimate of drug-likeness (QED) is 0.683. The lowest BCUT2D eigenvalue weighted by molar-refractivity contribution is -0.139. The lowest BCUT2D eigenvalue weighted by atomic mass is 10.1. The number of aryl methyl sites for hydroxylation is 1. The maximum atomic E-state index is 11.9. The van der Waals surface area contributed by atoms with Crippen LogP contribution in [0, 0.1) is 0 Å². The van der Waals surface area contributed by atoms with Crippen LogP contribution in [0.2, 0.25) is 0 Å². The molecule has 0 aromatic heterocycles. The normalized spacial score (nSPS) is 11.8. The van der Waals surface area contributed by atoms with E-state index >= 15 is 0 Å². The lowest BCUT2D eigenvalue weighted by Gasteiger charge is -2.16. The van der Waals surface area contributed by atoms with Crippen LogP contribution in [0.25, 0.3) is 0 Å². The molecule has 116 valence electrons. The van der Waals surface area contributed by atoms with E-state index in [0.717, 1.165) is 16.5 Å². The third kappa shape index (κ3) is 5.97. The predicted octanol–water partition coefficient (Wildman–Crippen LogP) is 3.34. The Morgan fingerprint density at radius 2 is 2.14 bits per heavy atom. The molecule has 0 radical (unpaired) electrons. The Bertz CT molecular complexity index is 511. The second-order valence-electron chi connectivity index (χ2n) is 4.43. The van der Waals surface area contributed by atoms with Gasteiger partial charge in [0.25, 0.3) is 0 Å². The Hall–Kier alpha value is -1.21. The van der Waals surface area contributed by atoms with Crippen molar-refractivity contribution in [2.45, 2.75) is 25.8 Å². The van der Waals surface area contributed by atoms with E-state index in [9.17, 15) is 9.59 Å². The van der Waals surface area contributed by atoms with Crippen molar-refractivity contribution in [1.82, 2.24) is 5.32 Å². The van der Waals surface area contributed by atoms with Gasteiger partial charge >= 0.3 is 12.0 Å². The van der Waals surface area contributed by atoms with Crippen LogP contribution in [0.5, 0.6) is 0 Å². The zero-order chi connectivity index (χ0) is 15.8. The van der Waals surface area contributed by atoms with Crippen LogP contribution in [-0.2, 0) is 11.2 Å². The molecule has 0 aliphatic carbocycles. The Morgan fingerprint density at radius 1 is 1.43 bits per heavy atom. The Kier molecular flexibility index (Phi) is 7.60. The third-order valence-corrected chi connectivity index (χ3v) is 4.05. The van der Waals surface area contributed by atoms with Crippen molar-refractivity contribution >= 4 is 45.4 Å². The molecule has 1 unspecified atom stereocenters. The average Bonchev–Trinajstić information content (AvgIpc) is 2.44. The van der Waals surface area contributed by atoms with Gasteiger partial charge in [0.2, 0.25) is 0 Å². The Balaban J connectivity index is 2.69. The SMILES string of the molecule is CCc1cc(Br)ccc1NC(=O)NC(CCSC)C(=O)O. The molecule has 0 aliphatic heterocycles. The molecule has 21 heavy (non-hydrogen) atoms. The van der Waals surface area contributed by atoms with Crippen molar-refractivity contribution in [2.24, 2.45) is 0 Å². The van der Waals surface area contributed by atoms with E-state index in [-0.39, 0.29) is 0 Å². The highest BCUT2D eigenvalue weighted by Gasteiger charge is 2.19. The minimum Gasteiger partial charge on any atom is -0.480 e. The summed E-state index contributed by atoms with van der Waals surface area (Å²) in [5, 5.41) is 14.3. The molecule has 0 bridgehead atoms. The minimum atomic E-state index is -1.02. The van der Waals surface area contributed by atoms with Crippen LogP contribution in [0.4, 0.5) is 10.5 Å². The van der Waals surface area contributed by atoms with Crippen molar-refractivity contribution in [3.05, 3.63) is 28.2 Å². The number of carbonyl (C=O) groups excluding carboxylic acids is 1. The second-order valence-corrected chi connectivity index (χ2v) is 6.33. The monoisotopic (exact) mass is 374 g/mol. The summed E-state index contributed by atoms with van der Waals surface area (Å²) in [6.07, 6.45) is 3.06. The highest BCUT2D eigenvalue weighted by molar-refractivity contribution is 9.10. The van der Waals surface area contributed by atoms with Crippen molar-refractivity contribution in [1.29, 1.82) is 0 Å². The zero-order valence-electron chi connectivity index (χ0n) is 12.0. The van der Waals surface area contributed by atoms with Crippen molar-refractivity contribution in [3.63, 3.8) is 0 Å². The van der Waals surface area contributed by atoms with Crippen LogP contribution in [0.1, 0.15) is 18.9 Å². The highest BCUT2D eigenvalue weighted by Crippen LogP contribution is 2.21. The largest absolute Gasteiger partial charge is 0.480 e. The number of rotatable bonds is 7. The first kappa shape index (κ1) is 17.8. The summed E-state index contributed by atoms with van der Waals surface area (Å²) in [6, 6.07) is 4.17. The lowest BCUT2D eigenvalue weighted by Crippen LogP contribution is -2.43. The summed E-state index contributed by atoms with van der Waals surface area (Å²) in [6.45, 7) is 1.99. The Morgan fingerprint density at radius 3 is 2.71 bits per heavy atom. The molecule has 0 spiro atoms. The van der Waals surface area contributed by atoms with Crippen LogP contribution in [0.15, 0.2) is 22.7 Å². The maximum Gasteiger partial charge on any atom is 0.326 e. The van der Waals surface area contributed by atoms with Gasteiger partial charge in [-0.1, -0.05) is 22.9 Å². The van der Waals surface area contributed by atoms with E-state index in [1.54, 1.807) is 17.8 Å². The fourth-order valence-electron chi connectivity index (χ4n) is 1.79. The summed E-state index contributed by atoms with van der Waals surface area (Å²) in [5.41, 5.74) is 1.67. The standard InChI is InChI=1S/C14H19BrN2O3S/c1-3-9-8-10(15)4-5-11(9)16-14(20)17-12(13(18)19)6-7-21-2/h4-5,8,12H,3,6-7H2,1-2H3,(H,18,19)(H2,16,17,20). The van der Waals surface area contributed by atoms with Crippen LogP contribution >= 0.6 is 27.7 Å². The van der Waals surface area contributed by atoms with E-state index in [4.69, 9.17) is 5.11 Å². The first-order chi connectivity index (χ1) is 9.97. The fraction of sp³-hybridized carbons (Fsp3) is 0.429. The number of urea groups is 1. The molecule has 5 nitrogen and oxygen atoms in total. The number of amides is 2. The molecule has 2 amide bonds. The van der Waals surface area contributed by atoms with Crippen molar-refractivity contribution in [3.8, 4) is 0 Å². The number of halogens is 1. The topological polar surface area (TPSA) is 78.4 Å². The Labute approximate surface area is 137 Å².